The molecule has 6 nitrogen and oxygen atoms in total. The molecule has 0 saturated heterocycles. The van der Waals surface area contributed by atoms with Gasteiger partial charge >= 0.3 is 5.97 Å². The first kappa shape index (κ1) is 23.2. The van der Waals surface area contributed by atoms with Crippen molar-refractivity contribution >= 4 is 39.4 Å². The summed E-state index contributed by atoms with van der Waals surface area (Å²) in [6.45, 7) is 1.60. The lowest BCUT2D eigenvalue weighted by molar-refractivity contribution is -0.131. The first-order valence-electron chi connectivity index (χ1n) is 10.1. The van der Waals surface area contributed by atoms with Crippen LogP contribution >= 0.6 is 15.9 Å². The molecule has 3 aromatic carbocycles. The van der Waals surface area contributed by atoms with Gasteiger partial charge in [0, 0.05) is 35.6 Å². The number of benzene rings is 3. The van der Waals surface area contributed by atoms with Gasteiger partial charge in [0.25, 0.3) is 5.91 Å². The van der Waals surface area contributed by atoms with Crippen LogP contribution in [0.15, 0.2) is 77.3 Å². The van der Waals surface area contributed by atoms with Crippen LogP contribution in [0.5, 0.6) is 5.75 Å². The Labute approximate surface area is 195 Å². The van der Waals surface area contributed by atoms with Gasteiger partial charge in [-0.2, -0.15) is 0 Å². The van der Waals surface area contributed by atoms with Crippen LogP contribution in [0, 0.1) is 0 Å². The molecule has 0 aliphatic carbocycles. The highest BCUT2D eigenvalue weighted by Crippen LogP contribution is 2.16. The maximum absolute atomic E-state index is 12.4. The average Bonchev–Trinajstić information content (AvgIpc) is 2.77. The van der Waals surface area contributed by atoms with Gasteiger partial charge < -0.3 is 15.4 Å². The van der Waals surface area contributed by atoms with Crippen molar-refractivity contribution in [2.24, 2.45) is 0 Å². The minimum Gasteiger partial charge on any atom is -0.427 e. The van der Waals surface area contributed by atoms with Gasteiger partial charge in [-0.3, -0.25) is 14.4 Å². The van der Waals surface area contributed by atoms with E-state index in [2.05, 4.69) is 26.6 Å². The second-order valence-electron chi connectivity index (χ2n) is 7.18. The molecule has 2 N–H and O–H groups in total. The molecule has 0 radical (unpaired) electrons. The lowest BCUT2D eigenvalue weighted by Crippen LogP contribution is -2.23. The van der Waals surface area contributed by atoms with Crippen LogP contribution in [0.3, 0.4) is 0 Å². The Morgan fingerprint density at radius 2 is 1.66 bits per heavy atom. The van der Waals surface area contributed by atoms with E-state index in [1.165, 1.54) is 13.0 Å². The van der Waals surface area contributed by atoms with Crippen LogP contribution in [0.2, 0.25) is 0 Å². The summed E-state index contributed by atoms with van der Waals surface area (Å²) in [5.74, 6) is -0.490. The predicted octanol–water partition coefficient (Wildman–Crippen LogP) is 4.88. The third kappa shape index (κ3) is 7.35. The molecule has 0 saturated carbocycles. The molecule has 3 aromatic rings. The number of esters is 1. The number of hydrogen-bond donors (Lipinski definition) is 2. The molecular formula is C25H23BrN2O4. The molecule has 2 amide bonds. The molecule has 0 heterocycles. The summed E-state index contributed by atoms with van der Waals surface area (Å²) < 4.78 is 6.02. The number of anilines is 1. The number of ether oxygens (including phenoxy) is 1. The first-order chi connectivity index (χ1) is 15.4. The van der Waals surface area contributed by atoms with Crippen LogP contribution in [0.1, 0.15) is 34.8 Å². The second-order valence-corrected chi connectivity index (χ2v) is 8.09. The molecular weight excluding hydrogens is 472 g/mol. The van der Waals surface area contributed by atoms with Gasteiger partial charge in [0.05, 0.1) is 0 Å². The Bertz CT molecular complexity index is 1110. The smallest absolute Gasteiger partial charge is 0.308 e. The molecule has 0 aliphatic rings. The summed E-state index contributed by atoms with van der Waals surface area (Å²) in [6, 6.07) is 21.6. The fourth-order valence-corrected chi connectivity index (χ4v) is 3.31. The van der Waals surface area contributed by atoms with E-state index in [0.29, 0.717) is 36.4 Å². The summed E-state index contributed by atoms with van der Waals surface area (Å²) >= 11 is 3.40. The van der Waals surface area contributed by atoms with E-state index < -0.39 is 5.97 Å². The number of rotatable bonds is 8. The molecule has 3 rings (SSSR count). The van der Waals surface area contributed by atoms with E-state index >= 15 is 0 Å². The molecule has 0 aliphatic heterocycles. The van der Waals surface area contributed by atoms with Gasteiger partial charge in [-0.05, 0) is 60.0 Å². The summed E-state index contributed by atoms with van der Waals surface area (Å²) in [4.78, 5) is 35.8. The number of amides is 2. The quantitative estimate of drug-likeness (QED) is 0.345. The number of aryl methyl sites for hydroxylation is 1. The predicted molar refractivity (Wildman–Crippen MR) is 126 cm³/mol. The number of carbonyl (C=O) groups excluding carboxylic acids is 3. The number of halogens is 1. The molecule has 0 spiro atoms. The average molecular weight is 495 g/mol. The minimum absolute atomic E-state index is 0.0728. The zero-order valence-corrected chi connectivity index (χ0v) is 19.1. The Morgan fingerprint density at radius 1 is 0.906 bits per heavy atom. The third-order valence-electron chi connectivity index (χ3n) is 4.58. The maximum atomic E-state index is 12.4. The van der Waals surface area contributed by atoms with Crippen molar-refractivity contribution in [3.63, 3.8) is 0 Å². The van der Waals surface area contributed by atoms with Crippen molar-refractivity contribution in [1.29, 1.82) is 0 Å². The van der Waals surface area contributed by atoms with Crippen molar-refractivity contribution in [2.75, 3.05) is 5.32 Å². The Hall–Kier alpha value is -3.45. The van der Waals surface area contributed by atoms with Crippen molar-refractivity contribution in [1.82, 2.24) is 5.32 Å². The number of hydrogen-bond acceptors (Lipinski definition) is 4. The van der Waals surface area contributed by atoms with Crippen molar-refractivity contribution in [2.45, 2.75) is 26.3 Å². The Kier molecular flexibility index (Phi) is 8.16. The molecule has 32 heavy (non-hydrogen) atoms. The highest BCUT2D eigenvalue weighted by molar-refractivity contribution is 9.10. The van der Waals surface area contributed by atoms with Crippen LogP contribution in [0.25, 0.3) is 0 Å². The monoisotopic (exact) mass is 494 g/mol. The van der Waals surface area contributed by atoms with Gasteiger partial charge in [-0.15, -0.1) is 0 Å². The van der Waals surface area contributed by atoms with Gasteiger partial charge in [-0.25, -0.2) is 0 Å². The Balaban J connectivity index is 1.52. The minimum atomic E-state index is -0.446. The molecule has 0 atom stereocenters. The van der Waals surface area contributed by atoms with Crippen LogP contribution in [-0.2, 0) is 22.6 Å². The fraction of sp³-hybridized carbons (Fsp3) is 0.160. The molecule has 164 valence electrons. The topological polar surface area (TPSA) is 84.5 Å². The normalized spacial score (nSPS) is 10.3. The second kappa shape index (κ2) is 11.2. The van der Waals surface area contributed by atoms with Gasteiger partial charge in [-0.1, -0.05) is 46.3 Å². The lowest BCUT2D eigenvalue weighted by atomic mass is 10.1. The van der Waals surface area contributed by atoms with Crippen LogP contribution in [0.4, 0.5) is 5.69 Å². The highest BCUT2D eigenvalue weighted by Gasteiger charge is 2.09. The maximum Gasteiger partial charge on any atom is 0.308 e. The first-order valence-corrected chi connectivity index (χ1v) is 10.9. The number of carbonyl (C=O) groups is 3. The fourth-order valence-electron chi connectivity index (χ4n) is 3.04. The van der Waals surface area contributed by atoms with E-state index in [-0.39, 0.29) is 11.8 Å². The SMILES string of the molecule is CC(=O)Oc1cccc(C(=O)NCc2cccc(NC(=O)CCc3ccc(Br)cc3)c2)c1. The number of nitrogens with one attached hydrogen (secondary N) is 2. The van der Waals surface area contributed by atoms with Crippen molar-refractivity contribution in [3.8, 4) is 5.75 Å². The summed E-state index contributed by atoms with van der Waals surface area (Å²) in [7, 11) is 0. The molecule has 0 unspecified atom stereocenters. The van der Waals surface area contributed by atoms with E-state index in [9.17, 15) is 14.4 Å². The third-order valence-corrected chi connectivity index (χ3v) is 5.10. The Morgan fingerprint density at radius 3 is 2.41 bits per heavy atom. The largest absolute Gasteiger partial charge is 0.427 e. The van der Waals surface area contributed by atoms with E-state index in [1.54, 1.807) is 18.2 Å². The summed E-state index contributed by atoms with van der Waals surface area (Å²) in [5.41, 5.74) is 3.01. The summed E-state index contributed by atoms with van der Waals surface area (Å²) in [5, 5.41) is 5.73. The molecule has 0 fully saturated rings. The zero-order valence-electron chi connectivity index (χ0n) is 17.6. The van der Waals surface area contributed by atoms with E-state index in [1.807, 2.05) is 48.5 Å². The van der Waals surface area contributed by atoms with E-state index in [0.717, 1.165) is 15.6 Å². The van der Waals surface area contributed by atoms with Gasteiger partial charge in [0.1, 0.15) is 5.75 Å². The van der Waals surface area contributed by atoms with Crippen molar-refractivity contribution in [3.05, 3.63) is 94.0 Å². The van der Waals surface area contributed by atoms with Crippen LogP contribution in [-0.4, -0.2) is 17.8 Å². The van der Waals surface area contributed by atoms with E-state index in [4.69, 9.17) is 4.74 Å². The van der Waals surface area contributed by atoms with Gasteiger partial charge in [0.2, 0.25) is 5.91 Å². The van der Waals surface area contributed by atoms with Crippen LogP contribution < -0.4 is 15.4 Å². The van der Waals surface area contributed by atoms with Crippen molar-refractivity contribution < 1.29 is 19.1 Å². The highest BCUT2D eigenvalue weighted by atomic mass is 79.9. The van der Waals surface area contributed by atoms with Gasteiger partial charge in [0.15, 0.2) is 0 Å². The zero-order chi connectivity index (χ0) is 22.9. The molecule has 0 aromatic heterocycles. The molecule has 0 bridgehead atoms. The molecule has 7 heteroatoms. The summed E-state index contributed by atoms with van der Waals surface area (Å²) in [6.07, 6.45) is 1.03. The standard InChI is InChI=1S/C25H23BrN2O4/c1-17(29)32-23-7-3-5-20(15-23)25(31)27-16-19-4-2-6-22(14-19)28-24(30)13-10-18-8-11-21(26)12-9-18/h2-9,11-12,14-15H,10,13,16H2,1H3,(H,27,31)(H,28,30). The lowest BCUT2D eigenvalue weighted by Gasteiger charge is -2.10.